The van der Waals surface area contributed by atoms with Crippen LogP contribution in [0, 0.1) is 5.92 Å². The first-order chi connectivity index (χ1) is 10.0. The topological polar surface area (TPSA) is 58.2 Å². The summed E-state index contributed by atoms with van der Waals surface area (Å²) in [6.45, 7) is 5.02. The molecule has 2 N–H and O–H groups in total. The summed E-state index contributed by atoms with van der Waals surface area (Å²) in [5.74, 6) is 0.597. The van der Waals surface area contributed by atoms with E-state index in [1.165, 1.54) is 6.42 Å². The lowest BCUT2D eigenvalue weighted by atomic mass is 9.88. The molecule has 1 aliphatic rings. The van der Waals surface area contributed by atoms with Crippen molar-refractivity contribution in [2.75, 3.05) is 11.9 Å². The highest BCUT2D eigenvalue weighted by atomic mass is 32.2. The fraction of sp³-hybridized carbons (Fsp3) is 0.625. The van der Waals surface area contributed by atoms with E-state index >= 15 is 0 Å². The molecule has 21 heavy (non-hydrogen) atoms. The molecule has 1 aromatic rings. The first-order valence-corrected chi connectivity index (χ1v) is 9.36. The van der Waals surface area contributed by atoms with Gasteiger partial charge in [-0.1, -0.05) is 38.8 Å². The molecule has 1 aromatic carbocycles. The number of benzene rings is 1. The van der Waals surface area contributed by atoms with Gasteiger partial charge in [-0.15, -0.1) is 0 Å². The Morgan fingerprint density at radius 3 is 2.71 bits per heavy atom. The van der Waals surface area contributed by atoms with Crippen LogP contribution in [0.5, 0.6) is 0 Å². The van der Waals surface area contributed by atoms with E-state index in [0.717, 1.165) is 32.2 Å². The lowest BCUT2D eigenvalue weighted by molar-refractivity contribution is 0.327. The third kappa shape index (κ3) is 4.45. The summed E-state index contributed by atoms with van der Waals surface area (Å²) >= 11 is 0. The van der Waals surface area contributed by atoms with Gasteiger partial charge in [0, 0.05) is 12.6 Å². The maximum atomic E-state index is 12.6. The van der Waals surface area contributed by atoms with Crippen molar-refractivity contribution in [3.05, 3.63) is 24.3 Å². The Kier molecular flexibility index (Phi) is 5.65. The van der Waals surface area contributed by atoms with Crippen LogP contribution in [0.3, 0.4) is 0 Å². The smallest absolute Gasteiger partial charge is 0.242 e. The second kappa shape index (κ2) is 7.27. The van der Waals surface area contributed by atoms with Gasteiger partial charge in [0.15, 0.2) is 0 Å². The molecule has 0 radical (unpaired) electrons. The van der Waals surface area contributed by atoms with Gasteiger partial charge in [-0.2, -0.15) is 0 Å². The summed E-state index contributed by atoms with van der Waals surface area (Å²) in [4.78, 5) is 0.358. The Balaban J connectivity index is 2.15. The molecule has 2 rings (SSSR count). The number of anilines is 1. The number of sulfonamides is 1. The Morgan fingerprint density at radius 2 is 2.00 bits per heavy atom. The van der Waals surface area contributed by atoms with Crippen molar-refractivity contribution in [1.82, 2.24) is 4.72 Å². The number of hydrogen-bond donors (Lipinski definition) is 2. The normalized spacial score (nSPS) is 23.0. The van der Waals surface area contributed by atoms with E-state index in [-0.39, 0.29) is 6.04 Å². The second-order valence-corrected chi connectivity index (χ2v) is 7.70. The zero-order valence-corrected chi connectivity index (χ0v) is 13.7. The number of hydrogen-bond acceptors (Lipinski definition) is 3. The van der Waals surface area contributed by atoms with E-state index in [1.54, 1.807) is 12.1 Å². The van der Waals surface area contributed by atoms with E-state index in [2.05, 4.69) is 23.9 Å². The van der Waals surface area contributed by atoms with Crippen LogP contribution >= 0.6 is 0 Å². The lowest BCUT2D eigenvalue weighted by Gasteiger charge is -2.27. The highest BCUT2D eigenvalue weighted by Crippen LogP contribution is 2.26. The molecule has 118 valence electrons. The molecule has 1 fully saturated rings. The van der Waals surface area contributed by atoms with Crippen molar-refractivity contribution in [2.45, 2.75) is 56.9 Å². The molecule has 2 unspecified atom stereocenters. The number of rotatable bonds is 6. The van der Waals surface area contributed by atoms with Crippen LogP contribution in [-0.2, 0) is 10.0 Å². The summed E-state index contributed by atoms with van der Waals surface area (Å²) < 4.78 is 28.2. The molecular formula is C16H26N2O2S. The predicted molar refractivity (Wildman–Crippen MR) is 87.0 cm³/mol. The third-order valence-corrected chi connectivity index (χ3v) is 5.58. The summed E-state index contributed by atoms with van der Waals surface area (Å²) in [7, 11) is -3.46. The molecule has 4 nitrogen and oxygen atoms in total. The third-order valence-electron chi connectivity index (χ3n) is 4.00. The van der Waals surface area contributed by atoms with Gasteiger partial charge in [-0.3, -0.25) is 0 Å². The Bertz CT molecular complexity index is 557. The average molecular weight is 310 g/mol. The van der Waals surface area contributed by atoms with Gasteiger partial charge in [0.05, 0.1) is 5.69 Å². The minimum Gasteiger partial charge on any atom is -0.384 e. The molecule has 1 saturated carbocycles. The SMILES string of the molecule is CCCNc1ccccc1S(=O)(=O)NC1CCCC(C)C1. The van der Waals surface area contributed by atoms with Crippen molar-refractivity contribution >= 4 is 15.7 Å². The van der Waals surface area contributed by atoms with Crippen LogP contribution in [0.25, 0.3) is 0 Å². The van der Waals surface area contributed by atoms with E-state index in [0.29, 0.717) is 16.5 Å². The molecule has 0 amide bonds. The molecule has 0 bridgehead atoms. The minimum absolute atomic E-state index is 0.0676. The van der Waals surface area contributed by atoms with Crippen molar-refractivity contribution < 1.29 is 8.42 Å². The fourth-order valence-corrected chi connectivity index (χ4v) is 4.40. The molecule has 0 heterocycles. The van der Waals surface area contributed by atoms with Crippen LogP contribution in [0.1, 0.15) is 46.0 Å². The molecule has 0 aromatic heterocycles. The highest BCUT2D eigenvalue weighted by molar-refractivity contribution is 7.89. The standard InChI is InChI=1S/C16H26N2O2S/c1-3-11-17-15-9-4-5-10-16(15)21(19,20)18-14-8-6-7-13(2)12-14/h4-5,9-10,13-14,17-18H,3,6-8,11-12H2,1-2H3. The zero-order valence-electron chi connectivity index (χ0n) is 12.9. The van der Waals surface area contributed by atoms with Gasteiger partial charge < -0.3 is 5.32 Å². The largest absolute Gasteiger partial charge is 0.384 e. The molecule has 5 heteroatoms. The molecule has 0 aliphatic heterocycles. The Hall–Kier alpha value is -1.07. The Morgan fingerprint density at radius 1 is 1.24 bits per heavy atom. The zero-order chi connectivity index (χ0) is 15.3. The minimum atomic E-state index is -3.46. The van der Waals surface area contributed by atoms with Gasteiger partial charge in [0.2, 0.25) is 10.0 Å². The lowest BCUT2D eigenvalue weighted by Crippen LogP contribution is -2.38. The van der Waals surface area contributed by atoms with E-state index in [9.17, 15) is 8.42 Å². The highest BCUT2D eigenvalue weighted by Gasteiger charge is 2.26. The van der Waals surface area contributed by atoms with Gasteiger partial charge in [0.25, 0.3) is 0 Å². The second-order valence-electron chi connectivity index (χ2n) is 6.01. The van der Waals surface area contributed by atoms with Crippen molar-refractivity contribution in [1.29, 1.82) is 0 Å². The van der Waals surface area contributed by atoms with E-state index in [1.807, 2.05) is 12.1 Å². The van der Waals surface area contributed by atoms with Crippen LogP contribution in [0.4, 0.5) is 5.69 Å². The van der Waals surface area contributed by atoms with Crippen LogP contribution in [0.15, 0.2) is 29.2 Å². The quantitative estimate of drug-likeness (QED) is 0.847. The van der Waals surface area contributed by atoms with E-state index in [4.69, 9.17) is 0 Å². The average Bonchev–Trinajstić information content (AvgIpc) is 2.45. The fourth-order valence-electron chi connectivity index (χ4n) is 2.93. The van der Waals surface area contributed by atoms with Gasteiger partial charge >= 0.3 is 0 Å². The summed E-state index contributed by atoms with van der Waals surface area (Å²) in [5, 5.41) is 3.20. The number of nitrogens with one attached hydrogen (secondary N) is 2. The molecule has 0 spiro atoms. The van der Waals surface area contributed by atoms with Crippen LogP contribution < -0.4 is 10.0 Å². The molecule has 0 saturated heterocycles. The molecule has 2 atom stereocenters. The predicted octanol–water partition coefficient (Wildman–Crippen LogP) is 3.37. The van der Waals surface area contributed by atoms with Gasteiger partial charge in [0.1, 0.15) is 4.90 Å². The first kappa shape index (κ1) is 16.3. The summed E-state index contributed by atoms with van der Waals surface area (Å²) in [6.07, 6.45) is 5.14. The first-order valence-electron chi connectivity index (χ1n) is 7.88. The van der Waals surface area contributed by atoms with Gasteiger partial charge in [-0.25, -0.2) is 13.1 Å². The molecule has 1 aliphatic carbocycles. The monoisotopic (exact) mass is 310 g/mol. The maximum Gasteiger partial charge on any atom is 0.242 e. The van der Waals surface area contributed by atoms with Gasteiger partial charge in [-0.05, 0) is 37.3 Å². The number of para-hydroxylation sites is 1. The maximum absolute atomic E-state index is 12.6. The van der Waals surface area contributed by atoms with Crippen molar-refractivity contribution in [3.8, 4) is 0 Å². The van der Waals surface area contributed by atoms with Crippen molar-refractivity contribution in [3.63, 3.8) is 0 Å². The van der Waals surface area contributed by atoms with E-state index < -0.39 is 10.0 Å². The Labute approximate surface area is 128 Å². The summed E-state index contributed by atoms with van der Waals surface area (Å²) in [5.41, 5.74) is 0.690. The van der Waals surface area contributed by atoms with Crippen LogP contribution in [0.2, 0.25) is 0 Å². The molecular weight excluding hydrogens is 284 g/mol. The van der Waals surface area contributed by atoms with Crippen LogP contribution in [-0.4, -0.2) is 21.0 Å². The van der Waals surface area contributed by atoms with Crippen molar-refractivity contribution in [2.24, 2.45) is 5.92 Å². The summed E-state index contributed by atoms with van der Waals surface area (Å²) in [6, 6.07) is 7.20.